The van der Waals surface area contributed by atoms with Crippen LogP contribution in [0.2, 0.25) is 0 Å². The Hall–Kier alpha value is -2.38. The quantitative estimate of drug-likeness (QED) is 0.594. The molecule has 6 rings (SSSR count). The maximum Gasteiger partial charge on any atom is 0.262 e. The van der Waals surface area contributed by atoms with E-state index in [0.29, 0.717) is 35.2 Å². The minimum atomic E-state index is -3.83. The third-order valence-corrected chi connectivity index (χ3v) is 9.38. The third kappa shape index (κ3) is 4.06. The maximum absolute atomic E-state index is 13.4. The van der Waals surface area contributed by atoms with Crippen molar-refractivity contribution in [3.8, 4) is 0 Å². The first-order valence-electron chi connectivity index (χ1n) is 11.7. The first kappa shape index (κ1) is 22.4. The topological polar surface area (TPSA) is 95.5 Å². The van der Waals surface area contributed by atoms with Gasteiger partial charge in [0, 0.05) is 5.69 Å². The zero-order valence-corrected chi connectivity index (χ0v) is 20.3. The number of hydrogen-bond acceptors (Lipinski definition) is 4. The molecular weight excluding hydrogens is 436 g/mol. The lowest BCUT2D eigenvalue weighted by atomic mass is 9.47. The molecule has 0 spiro atoms. The molecule has 4 fully saturated rings. The second kappa shape index (κ2) is 7.57. The van der Waals surface area contributed by atoms with Crippen LogP contribution in [0.15, 0.2) is 41.3 Å². The fourth-order valence-electron chi connectivity index (χ4n) is 6.84. The van der Waals surface area contributed by atoms with Crippen LogP contribution in [0.1, 0.15) is 55.2 Å². The van der Waals surface area contributed by atoms with Gasteiger partial charge in [0.2, 0.25) is 5.91 Å². The molecule has 2 atom stereocenters. The van der Waals surface area contributed by atoms with Gasteiger partial charge in [0.1, 0.15) is 0 Å². The molecule has 0 unspecified atom stereocenters. The summed E-state index contributed by atoms with van der Waals surface area (Å²) in [6, 6.07) is 10.6. The summed E-state index contributed by atoms with van der Waals surface area (Å²) in [6.07, 6.45) is 4.83. The third-order valence-electron chi connectivity index (χ3n) is 7.87. The van der Waals surface area contributed by atoms with Gasteiger partial charge in [-0.25, -0.2) is 8.42 Å². The molecule has 4 bridgehead atoms. The van der Waals surface area contributed by atoms with E-state index in [9.17, 15) is 18.3 Å². The van der Waals surface area contributed by atoms with E-state index >= 15 is 0 Å². The first-order chi connectivity index (χ1) is 15.5. The Balaban J connectivity index is 1.39. The number of amides is 1. The Bertz CT molecular complexity index is 1220. The van der Waals surface area contributed by atoms with E-state index < -0.39 is 21.0 Å². The standard InChI is InChI=1S/C26H32N2O4S/c1-16-4-7-22(18(3)8-16)28-33(31,32)23-10-21(6-5-17(23)2)27-24(29)25-11-19-9-20(12-25)14-26(30,13-19)15-25/h4-8,10,19-20,28,30H,9,11-15H2,1-3H3,(H,27,29)/t19-,20-,25?,26?/m1/s1. The van der Waals surface area contributed by atoms with Crippen molar-refractivity contribution in [1.29, 1.82) is 0 Å². The van der Waals surface area contributed by atoms with Crippen LogP contribution < -0.4 is 10.0 Å². The van der Waals surface area contributed by atoms with E-state index in [4.69, 9.17) is 0 Å². The van der Waals surface area contributed by atoms with Crippen molar-refractivity contribution >= 4 is 27.3 Å². The van der Waals surface area contributed by atoms with Gasteiger partial charge in [-0.1, -0.05) is 23.8 Å². The molecule has 7 heteroatoms. The Morgan fingerprint density at radius 3 is 2.30 bits per heavy atom. The smallest absolute Gasteiger partial charge is 0.262 e. The van der Waals surface area contributed by atoms with E-state index in [1.807, 2.05) is 26.0 Å². The fourth-order valence-corrected chi connectivity index (χ4v) is 8.24. The average molecular weight is 469 g/mol. The molecule has 2 aromatic carbocycles. The van der Waals surface area contributed by atoms with E-state index in [1.54, 1.807) is 25.1 Å². The molecule has 2 aromatic rings. The predicted molar refractivity (Wildman–Crippen MR) is 129 cm³/mol. The number of aliphatic hydroxyl groups is 1. The summed E-state index contributed by atoms with van der Waals surface area (Å²) in [5, 5.41) is 14.0. The average Bonchev–Trinajstić information content (AvgIpc) is 2.69. The van der Waals surface area contributed by atoms with Crippen molar-refractivity contribution in [3.63, 3.8) is 0 Å². The molecule has 0 saturated heterocycles. The van der Waals surface area contributed by atoms with Crippen LogP contribution in [-0.4, -0.2) is 25.0 Å². The Kier molecular flexibility index (Phi) is 5.14. The van der Waals surface area contributed by atoms with Crippen molar-refractivity contribution in [2.45, 2.75) is 69.8 Å². The summed E-state index contributed by atoms with van der Waals surface area (Å²) in [5.41, 5.74) is 2.24. The molecule has 4 aliphatic rings. The van der Waals surface area contributed by atoms with Gasteiger partial charge in [0.25, 0.3) is 10.0 Å². The highest BCUT2D eigenvalue weighted by Gasteiger charge is 2.60. The lowest BCUT2D eigenvalue weighted by molar-refractivity contribution is -0.174. The number of aryl methyl sites for hydroxylation is 3. The van der Waals surface area contributed by atoms with Gasteiger partial charge >= 0.3 is 0 Å². The number of nitrogens with one attached hydrogen (secondary N) is 2. The Morgan fingerprint density at radius 1 is 0.970 bits per heavy atom. The molecule has 0 radical (unpaired) electrons. The minimum Gasteiger partial charge on any atom is -0.390 e. The molecule has 0 heterocycles. The molecular formula is C26H32N2O4S. The van der Waals surface area contributed by atoms with Crippen LogP contribution in [-0.2, 0) is 14.8 Å². The lowest BCUT2D eigenvalue weighted by Gasteiger charge is -2.59. The molecule has 4 aliphatic carbocycles. The zero-order chi connectivity index (χ0) is 23.6. The number of benzene rings is 2. The number of hydrogen-bond donors (Lipinski definition) is 3. The highest BCUT2D eigenvalue weighted by atomic mass is 32.2. The number of sulfonamides is 1. The molecule has 33 heavy (non-hydrogen) atoms. The highest BCUT2D eigenvalue weighted by Crippen LogP contribution is 2.61. The lowest BCUT2D eigenvalue weighted by Crippen LogP contribution is -2.59. The van der Waals surface area contributed by atoms with Crippen LogP contribution in [0.5, 0.6) is 0 Å². The predicted octanol–water partition coefficient (Wildman–Crippen LogP) is 4.68. The first-order valence-corrected chi connectivity index (χ1v) is 13.2. The van der Waals surface area contributed by atoms with Crippen molar-refractivity contribution in [1.82, 2.24) is 0 Å². The van der Waals surface area contributed by atoms with Gasteiger partial charge < -0.3 is 10.4 Å². The van der Waals surface area contributed by atoms with Gasteiger partial charge in [0.15, 0.2) is 0 Å². The molecule has 0 aromatic heterocycles. The Labute approximate surface area is 195 Å². The SMILES string of the molecule is Cc1ccc(NS(=O)(=O)c2cc(NC(=O)C34C[C@H]5C[C@@H](CC(O)(C5)C3)C4)ccc2C)c(C)c1. The summed E-state index contributed by atoms with van der Waals surface area (Å²) < 4.78 is 29.1. The normalized spacial score (nSPS) is 30.3. The Morgan fingerprint density at radius 2 is 1.67 bits per heavy atom. The van der Waals surface area contributed by atoms with Crippen LogP contribution in [0, 0.1) is 38.0 Å². The monoisotopic (exact) mass is 468 g/mol. The molecule has 6 nitrogen and oxygen atoms in total. The number of carbonyl (C=O) groups excluding carboxylic acids is 1. The van der Waals surface area contributed by atoms with Gasteiger partial charge in [0.05, 0.1) is 21.6 Å². The highest BCUT2D eigenvalue weighted by molar-refractivity contribution is 7.92. The van der Waals surface area contributed by atoms with Gasteiger partial charge in [-0.05, 0) is 100 Å². The van der Waals surface area contributed by atoms with Crippen molar-refractivity contribution in [3.05, 3.63) is 53.1 Å². The van der Waals surface area contributed by atoms with Crippen LogP contribution in [0.3, 0.4) is 0 Å². The van der Waals surface area contributed by atoms with E-state index in [0.717, 1.165) is 43.2 Å². The van der Waals surface area contributed by atoms with E-state index in [-0.39, 0.29) is 10.8 Å². The second-order valence-corrected chi connectivity index (χ2v) is 12.5. The zero-order valence-electron chi connectivity index (χ0n) is 19.4. The summed E-state index contributed by atoms with van der Waals surface area (Å²) in [4.78, 5) is 13.6. The van der Waals surface area contributed by atoms with E-state index in [1.165, 1.54) is 6.07 Å². The summed E-state index contributed by atoms with van der Waals surface area (Å²) in [5.74, 6) is 0.709. The molecule has 3 N–H and O–H groups in total. The maximum atomic E-state index is 13.4. The van der Waals surface area contributed by atoms with Crippen molar-refractivity contribution < 1.29 is 18.3 Å². The second-order valence-electron chi connectivity index (χ2n) is 10.8. The fraction of sp³-hybridized carbons (Fsp3) is 0.500. The van der Waals surface area contributed by atoms with Crippen LogP contribution in [0.25, 0.3) is 0 Å². The van der Waals surface area contributed by atoms with Gasteiger partial charge in [-0.15, -0.1) is 0 Å². The summed E-state index contributed by atoms with van der Waals surface area (Å²) in [7, 11) is -3.83. The number of carbonyl (C=O) groups is 1. The van der Waals surface area contributed by atoms with E-state index in [2.05, 4.69) is 10.0 Å². The van der Waals surface area contributed by atoms with Crippen LogP contribution in [0.4, 0.5) is 11.4 Å². The van der Waals surface area contributed by atoms with Gasteiger partial charge in [-0.2, -0.15) is 0 Å². The largest absolute Gasteiger partial charge is 0.390 e. The van der Waals surface area contributed by atoms with Crippen molar-refractivity contribution in [2.75, 3.05) is 10.0 Å². The van der Waals surface area contributed by atoms with Gasteiger partial charge in [-0.3, -0.25) is 9.52 Å². The summed E-state index contributed by atoms with van der Waals surface area (Å²) in [6.45, 7) is 5.58. The van der Waals surface area contributed by atoms with Crippen molar-refractivity contribution in [2.24, 2.45) is 17.3 Å². The molecule has 0 aliphatic heterocycles. The minimum absolute atomic E-state index is 0.0930. The number of anilines is 2. The number of rotatable bonds is 5. The summed E-state index contributed by atoms with van der Waals surface area (Å²) >= 11 is 0. The molecule has 1 amide bonds. The molecule has 4 saturated carbocycles. The van der Waals surface area contributed by atoms with Crippen LogP contribution >= 0.6 is 0 Å². The molecule has 176 valence electrons.